The molecule has 1 aromatic heterocycles. The normalized spacial score (nSPS) is 15.6. The van der Waals surface area contributed by atoms with Crippen LogP contribution in [-0.4, -0.2) is 85.3 Å². The molecular formula is C39H48N6O9S. The maximum atomic E-state index is 14.0. The highest BCUT2D eigenvalue weighted by molar-refractivity contribution is 7.89. The largest absolute Gasteiger partial charge is 0.497 e. The molecule has 1 aliphatic heterocycles. The van der Waals surface area contributed by atoms with Gasteiger partial charge in [0.1, 0.15) is 5.75 Å². The molecule has 5 rings (SSSR count). The Hall–Kier alpha value is -5.42. The van der Waals surface area contributed by atoms with E-state index in [-0.39, 0.29) is 61.2 Å². The van der Waals surface area contributed by atoms with Crippen molar-refractivity contribution in [2.45, 2.75) is 49.7 Å². The average molecular weight is 777 g/mol. The third-order valence-electron chi connectivity index (χ3n) is 9.29. The molecule has 4 aromatic rings. The number of anilines is 2. The third kappa shape index (κ3) is 10.0. The summed E-state index contributed by atoms with van der Waals surface area (Å²) < 4.78 is 48.5. The number of nitrogens with one attached hydrogen (secondary N) is 2. The molecule has 0 aliphatic carbocycles. The van der Waals surface area contributed by atoms with Crippen LogP contribution in [0.25, 0.3) is 5.69 Å². The van der Waals surface area contributed by atoms with Gasteiger partial charge in [-0.25, -0.2) is 13.1 Å². The molecular weight excluding hydrogens is 729 g/mol. The topological polar surface area (TPSA) is 196 Å². The summed E-state index contributed by atoms with van der Waals surface area (Å²) in [5.74, 6) is -0.867. The van der Waals surface area contributed by atoms with Crippen LogP contribution in [0, 0.1) is 6.92 Å². The summed E-state index contributed by atoms with van der Waals surface area (Å²) in [4.78, 5) is 39.9. The van der Waals surface area contributed by atoms with Crippen molar-refractivity contribution in [3.05, 3.63) is 112 Å². The van der Waals surface area contributed by atoms with Gasteiger partial charge in [0.25, 0.3) is 11.5 Å². The lowest BCUT2D eigenvalue weighted by Crippen LogP contribution is -2.38. The summed E-state index contributed by atoms with van der Waals surface area (Å²) in [6, 6.07) is 22.1. The number of nitrogens with zero attached hydrogens (tertiary/aromatic N) is 3. The monoisotopic (exact) mass is 776 g/mol. The van der Waals surface area contributed by atoms with Gasteiger partial charge in [0.15, 0.2) is 5.76 Å². The van der Waals surface area contributed by atoms with Crippen molar-refractivity contribution >= 4 is 33.2 Å². The zero-order valence-electron chi connectivity index (χ0n) is 31.1. The first-order valence-corrected chi connectivity index (χ1v) is 19.4. The lowest BCUT2D eigenvalue weighted by molar-refractivity contribution is -0.146. The van der Waals surface area contributed by atoms with E-state index in [2.05, 4.69) is 10.6 Å². The highest BCUT2D eigenvalue weighted by Crippen LogP contribution is 2.32. The summed E-state index contributed by atoms with van der Waals surface area (Å²) in [5, 5.41) is 15.3. The Labute approximate surface area is 320 Å². The molecule has 294 valence electrons. The molecule has 15 nitrogen and oxygen atoms in total. The molecule has 55 heavy (non-hydrogen) atoms. The van der Waals surface area contributed by atoms with E-state index in [0.29, 0.717) is 46.9 Å². The number of methoxy groups -OCH3 is 1. The summed E-state index contributed by atoms with van der Waals surface area (Å²) in [7, 11) is -0.741. The number of nitrogens with two attached hydrogens (primary N) is 1. The van der Waals surface area contributed by atoms with Crippen LogP contribution in [0.5, 0.6) is 5.75 Å². The van der Waals surface area contributed by atoms with Gasteiger partial charge in [-0.05, 0) is 74.4 Å². The van der Waals surface area contributed by atoms with Crippen LogP contribution in [0.15, 0.2) is 100 Å². The average Bonchev–Trinajstić information content (AvgIpc) is 3.41. The van der Waals surface area contributed by atoms with Crippen molar-refractivity contribution in [1.29, 1.82) is 0 Å². The Morgan fingerprint density at radius 1 is 1.02 bits per heavy atom. The fourth-order valence-electron chi connectivity index (χ4n) is 6.31. The smallest absolute Gasteiger partial charge is 0.286 e. The standard InChI is InChI=1S/C39H48N6O9S/c1-27-37(39(49)45(43(27)2)29-11-5-4-6-12-29)28-25-34(38(48)41-20-10-9-15-35(47)42-33-14-8-7-13-32(33)40)54-36(26-28)53-24-22-44(21-23-46)55(50,51)31-18-16-30(52-3)17-19-31/h4-8,11-14,16-19,25,28,36,46H,9-10,15,20-24,26,40H2,1-3H3,(H,41,48)(H,42,47)/t28-,36+/m1/s1. The lowest BCUT2D eigenvalue weighted by Gasteiger charge is -2.29. The molecule has 0 unspecified atom stereocenters. The summed E-state index contributed by atoms with van der Waals surface area (Å²) in [6.07, 6.45) is 1.98. The molecule has 0 saturated heterocycles. The maximum absolute atomic E-state index is 14.0. The van der Waals surface area contributed by atoms with Gasteiger partial charge in [-0.3, -0.25) is 19.1 Å². The number of hydrogen-bond donors (Lipinski definition) is 4. The molecule has 2 amide bonds. The number of para-hydroxylation sites is 3. The zero-order chi connectivity index (χ0) is 39.5. The quantitative estimate of drug-likeness (QED) is 0.0859. The Bertz CT molecular complexity index is 2130. The minimum Gasteiger partial charge on any atom is -0.497 e. The van der Waals surface area contributed by atoms with E-state index in [0.717, 1.165) is 4.31 Å². The minimum absolute atomic E-state index is 0.0217. The number of amides is 2. The van der Waals surface area contributed by atoms with Crippen LogP contribution in [-0.2, 0) is 36.1 Å². The fourth-order valence-corrected chi connectivity index (χ4v) is 7.72. The molecule has 3 aromatic carbocycles. The number of allylic oxidation sites excluding steroid dienone is 1. The first kappa shape index (κ1) is 40.8. The Kier molecular flexibility index (Phi) is 13.9. The fraction of sp³-hybridized carbons (Fsp3) is 0.359. The number of ether oxygens (including phenoxy) is 3. The number of aromatic nitrogens is 2. The van der Waals surface area contributed by atoms with Crippen molar-refractivity contribution in [1.82, 2.24) is 19.0 Å². The van der Waals surface area contributed by atoms with Crippen LogP contribution >= 0.6 is 0 Å². The molecule has 1 aliphatic rings. The van der Waals surface area contributed by atoms with E-state index < -0.39 is 34.7 Å². The Morgan fingerprint density at radius 3 is 2.42 bits per heavy atom. The van der Waals surface area contributed by atoms with E-state index in [1.165, 1.54) is 31.4 Å². The number of benzene rings is 3. The van der Waals surface area contributed by atoms with Gasteiger partial charge in [-0.15, -0.1) is 0 Å². The van der Waals surface area contributed by atoms with Crippen molar-refractivity contribution in [2.75, 3.05) is 51.0 Å². The van der Waals surface area contributed by atoms with Crippen molar-refractivity contribution in [3.63, 3.8) is 0 Å². The van der Waals surface area contributed by atoms with E-state index in [1.54, 1.807) is 46.8 Å². The second kappa shape index (κ2) is 18.8. The zero-order valence-corrected chi connectivity index (χ0v) is 32.0. The summed E-state index contributed by atoms with van der Waals surface area (Å²) in [5.41, 5.74) is 8.48. The van der Waals surface area contributed by atoms with Gasteiger partial charge in [0.05, 0.1) is 42.3 Å². The van der Waals surface area contributed by atoms with Gasteiger partial charge < -0.3 is 35.7 Å². The number of nitrogen functional groups attached to an aromatic ring is 1. The molecule has 0 saturated carbocycles. The number of carbonyl (C=O) groups is 2. The molecule has 0 spiro atoms. The summed E-state index contributed by atoms with van der Waals surface area (Å²) in [6.45, 7) is 1.22. The maximum Gasteiger partial charge on any atom is 0.286 e. The number of sulfonamides is 1. The molecule has 16 heteroatoms. The van der Waals surface area contributed by atoms with Crippen molar-refractivity contribution < 1.29 is 37.3 Å². The number of hydrogen-bond acceptors (Lipinski definition) is 10. The highest BCUT2D eigenvalue weighted by atomic mass is 32.2. The Balaban J connectivity index is 1.28. The van der Waals surface area contributed by atoms with E-state index in [1.807, 2.05) is 37.3 Å². The number of aliphatic hydroxyl groups excluding tert-OH is 1. The Morgan fingerprint density at radius 2 is 1.73 bits per heavy atom. The first-order chi connectivity index (χ1) is 26.4. The predicted molar refractivity (Wildman–Crippen MR) is 207 cm³/mol. The number of carbonyl (C=O) groups excluding carboxylic acids is 2. The number of aliphatic hydroxyl groups is 1. The molecule has 0 bridgehead atoms. The van der Waals surface area contributed by atoms with Crippen molar-refractivity contribution in [2.24, 2.45) is 7.05 Å². The first-order valence-electron chi connectivity index (χ1n) is 18.0. The number of rotatable bonds is 18. The van der Waals surface area contributed by atoms with Crippen molar-refractivity contribution in [3.8, 4) is 11.4 Å². The van der Waals surface area contributed by atoms with Gasteiger partial charge >= 0.3 is 0 Å². The SMILES string of the molecule is COc1ccc(S(=O)(=O)N(CCO)CCO[C@@H]2C[C@H](c3c(C)n(C)n(-c4ccccc4)c3=O)C=C(C(=O)NCCCCC(=O)Nc3ccccc3N)O2)cc1. The van der Waals surface area contributed by atoms with E-state index in [9.17, 15) is 27.9 Å². The molecule has 5 N–H and O–H groups in total. The van der Waals surface area contributed by atoms with Gasteiger partial charge in [0.2, 0.25) is 22.2 Å². The minimum atomic E-state index is -4.00. The number of unbranched alkanes of at least 4 members (excludes halogenated alkanes) is 1. The second-order valence-corrected chi connectivity index (χ2v) is 14.9. The molecule has 0 radical (unpaired) electrons. The van der Waals surface area contributed by atoms with Crippen LogP contribution in [0.4, 0.5) is 11.4 Å². The van der Waals surface area contributed by atoms with E-state index in [4.69, 9.17) is 19.9 Å². The molecule has 2 heterocycles. The van der Waals surface area contributed by atoms with Crippen LogP contribution in [0.3, 0.4) is 0 Å². The highest BCUT2D eigenvalue weighted by Gasteiger charge is 2.33. The second-order valence-electron chi connectivity index (χ2n) is 12.9. The van der Waals surface area contributed by atoms with E-state index >= 15 is 0 Å². The molecule has 2 atom stereocenters. The van der Waals surface area contributed by atoms with Gasteiger partial charge in [0, 0.05) is 56.7 Å². The predicted octanol–water partition coefficient (Wildman–Crippen LogP) is 3.41. The van der Waals surface area contributed by atoms with Crippen LogP contribution < -0.4 is 26.7 Å². The van der Waals surface area contributed by atoms with Crippen LogP contribution in [0.1, 0.15) is 42.9 Å². The van der Waals surface area contributed by atoms with Gasteiger partial charge in [-0.2, -0.15) is 4.31 Å². The van der Waals surface area contributed by atoms with Crippen LogP contribution in [0.2, 0.25) is 0 Å². The lowest BCUT2D eigenvalue weighted by atomic mass is 9.93. The summed E-state index contributed by atoms with van der Waals surface area (Å²) >= 11 is 0. The molecule has 0 fully saturated rings. The van der Waals surface area contributed by atoms with Gasteiger partial charge in [-0.1, -0.05) is 30.3 Å². The third-order valence-corrected chi connectivity index (χ3v) is 11.2.